The Hall–Kier alpha value is -0.440. The molecule has 0 radical (unpaired) electrons. The number of hydrogen-bond donors (Lipinski definition) is 1. The van der Waals surface area contributed by atoms with E-state index in [0.717, 1.165) is 12.8 Å². The fraction of sp³-hybridized carbons (Fsp3) is 0.824. The maximum atomic E-state index is 11.2. The molecule has 0 aliphatic heterocycles. The van der Waals surface area contributed by atoms with Gasteiger partial charge in [-0.15, -0.1) is 0 Å². The number of carbonyl (C=O) groups excluding carboxylic acids is 1. The van der Waals surface area contributed by atoms with Crippen molar-refractivity contribution in [2.24, 2.45) is 0 Å². The van der Waals surface area contributed by atoms with Crippen molar-refractivity contribution < 1.29 is 9.53 Å². The zero-order valence-corrected chi connectivity index (χ0v) is 14.0. The minimum atomic E-state index is -0.0729. The molecule has 0 bridgehead atoms. The lowest BCUT2D eigenvalue weighted by Crippen LogP contribution is -2.06. The number of esters is 1. The van der Waals surface area contributed by atoms with Crippen LogP contribution in [0.5, 0.6) is 0 Å². The summed E-state index contributed by atoms with van der Waals surface area (Å²) in [7, 11) is 0. The molecule has 20 heavy (non-hydrogen) atoms. The molecule has 0 unspecified atom stereocenters. The van der Waals surface area contributed by atoms with Crippen LogP contribution in [0.3, 0.4) is 0 Å². The zero-order chi connectivity index (χ0) is 14.9. The summed E-state index contributed by atoms with van der Waals surface area (Å²) in [4.78, 5) is 11.2. The quantitative estimate of drug-likeness (QED) is 0.203. The predicted molar refractivity (Wildman–Crippen MR) is 90.4 cm³/mol. The molecular weight excluding hydrogens is 268 g/mol. The summed E-state index contributed by atoms with van der Waals surface area (Å²) in [6, 6.07) is 0. The monoisotopic (exact) mass is 300 g/mol. The van der Waals surface area contributed by atoms with E-state index in [1.165, 1.54) is 51.4 Å². The molecule has 0 aliphatic rings. The molecule has 0 aromatic rings. The van der Waals surface area contributed by atoms with Crippen LogP contribution in [0.2, 0.25) is 0 Å². The SMILES string of the molecule is CCCC/C=C/CCCCCCCCC(=O)OCCS. The van der Waals surface area contributed by atoms with Crippen LogP contribution in [-0.4, -0.2) is 18.3 Å². The van der Waals surface area contributed by atoms with E-state index >= 15 is 0 Å². The first-order chi connectivity index (χ1) is 9.81. The molecule has 0 saturated carbocycles. The lowest BCUT2D eigenvalue weighted by molar-refractivity contribution is -0.143. The van der Waals surface area contributed by atoms with Gasteiger partial charge in [0.25, 0.3) is 0 Å². The van der Waals surface area contributed by atoms with Crippen molar-refractivity contribution in [2.75, 3.05) is 12.4 Å². The zero-order valence-electron chi connectivity index (χ0n) is 13.1. The van der Waals surface area contributed by atoms with Gasteiger partial charge >= 0.3 is 5.97 Å². The van der Waals surface area contributed by atoms with Crippen molar-refractivity contribution in [3.05, 3.63) is 12.2 Å². The lowest BCUT2D eigenvalue weighted by atomic mass is 10.1. The Labute approximate surface area is 130 Å². The van der Waals surface area contributed by atoms with Gasteiger partial charge in [-0.05, 0) is 25.7 Å². The molecule has 2 nitrogen and oxygen atoms in total. The van der Waals surface area contributed by atoms with E-state index < -0.39 is 0 Å². The summed E-state index contributed by atoms with van der Waals surface area (Å²) in [5.41, 5.74) is 0. The fourth-order valence-corrected chi connectivity index (χ4v) is 2.12. The van der Waals surface area contributed by atoms with Crippen LogP contribution in [-0.2, 0) is 9.53 Å². The molecule has 0 aromatic heterocycles. The molecule has 0 aliphatic carbocycles. The second-order valence-electron chi connectivity index (χ2n) is 5.22. The first kappa shape index (κ1) is 19.6. The van der Waals surface area contributed by atoms with Gasteiger partial charge in [0.05, 0.1) is 0 Å². The Morgan fingerprint density at radius 2 is 1.55 bits per heavy atom. The Morgan fingerprint density at radius 3 is 2.20 bits per heavy atom. The lowest BCUT2D eigenvalue weighted by Gasteiger charge is -2.03. The van der Waals surface area contributed by atoms with Crippen molar-refractivity contribution in [1.82, 2.24) is 0 Å². The Kier molecular flexibility index (Phi) is 16.2. The van der Waals surface area contributed by atoms with Crippen molar-refractivity contribution in [3.63, 3.8) is 0 Å². The minimum absolute atomic E-state index is 0.0729. The third-order valence-corrected chi connectivity index (χ3v) is 3.43. The highest BCUT2D eigenvalue weighted by Gasteiger charge is 2.01. The third-order valence-electron chi connectivity index (χ3n) is 3.25. The normalized spacial score (nSPS) is 11.1. The second-order valence-corrected chi connectivity index (χ2v) is 5.66. The fourth-order valence-electron chi connectivity index (χ4n) is 2.03. The summed E-state index contributed by atoms with van der Waals surface area (Å²) in [6.45, 7) is 2.67. The van der Waals surface area contributed by atoms with Crippen molar-refractivity contribution in [2.45, 2.75) is 77.6 Å². The summed E-state index contributed by atoms with van der Waals surface area (Å²) in [5, 5.41) is 0. The number of ether oxygens (including phenoxy) is 1. The van der Waals surface area contributed by atoms with Gasteiger partial charge in [-0.1, -0.05) is 57.6 Å². The van der Waals surface area contributed by atoms with Crippen LogP contribution in [0.25, 0.3) is 0 Å². The van der Waals surface area contributed by atoms with Gasteiger partial charge in [0.15, 0.2) is 0 Å². The van der Waals surface area contributed by atoms with Crippen LogP contribution in [0, 0.1) is 0 Å². The van der Waals surface area contributed by atoms with Crippen LogP contribution in [0.4, 0.5) is 0 Å². The molecule has 0 rings (SSSR count). The number of allylic oxidation sites excluding steroid dienone is 2. The van der Waals surface area contributed by atoms with Crippen LogP contribution in [0.1, 0.15) is 77.6 Å². The van der Waals surface area contributed by atoms with Crippen LogP contribution in [0.15, 0.2) is 12.2 Å². The molecule has 0 saturated heterocycles. The summed E-state index contributed by atoms with van der Waals surface area (Å²) in [5.74, 6) is 0.537. The van der Waals surface area contributed by atoms with Crippen LogP contribution >= 0.6 is 12.6 Å². The van der Waals surface area contributed by atoms with E-state index in [4.69, 9.17) is 4.74 Å². The summed E-state index contributed by atoms with van der Waals surface area (Å²) in [6.07, 6.45) is 17.5. The first-order valence-corrected chi connectivity index (χ1v) is 8.86. The third kappa shape index (κ3) is 15.6. The Morgan fingerprint density at radius 1 is 0.950 bits per heavy atom. The molecule has 0 spiro atoms. The van der Waals surface area contributed by atoms with Gasteiger partial charge in [-0.3, -0.25) is 4.79 Å². The van der Waals surface area contributed by atoms with E-state index in [1.807, 2.05) is 0 Å². The summed E-state index contributed by atoms with van der Waals surface area (Å²) < 4.78 is 4.97. The molecular formula is C17H32O2S. The van der Waals surface area contributed by atoms with Crippen molar-refractivity contribution in [1.29, 1.82) is 0 Å². The maximum Gasteiger partial charge on any atom is 0.305 e. The Balaban J connectivity index is 3.13. The van der Waals surface area contributed by atoms with Gasteiger partial charge in [-0.2, -0.15) is 12.6 Å². The standard InChI is InChI=1S/C17H32O2S/c1-2-3-4-5-6-7-8-9-10-11-12-13-14-17(18)19-15-16-20/h5-6,20H,2-4,7-16H2,1H3/b6-5+. The van der Waals surface area contributed by atoms with E-state index in [0.29, 0.717) is 18.8 Å². The molecule has 0 fully saturated rings. The number of unbranched alkanes of at least 4 members (excludes halogenated alkanes) is 8. The highest BCUT2D eigenvalue weighted by atomic mass is 32.1. The predicted octanol–water partition coefficient (Wildman–Crippen LogP) is 5.33. The van der Waals surface area contributed by atoms with Crippen LogP contribution < -0.4 is 0 Å². The number of hydrogen-bond acceptors (Lipinski definition) is 3. The first-order valence-electron chi connectivity index (χ1n) is 8.22. The van der Waals surface area contributed by atoms with Gasteiger partial charge in [0, 0.05) is 12.2 Å². The average molecular weight is 301 g/mol. The average Bonchev–Trinajstić information content (AvgIpc) is 2.46. The number of carbonyl (C=O) groups is 1. The smallest absolute Gasteiger partial charge is 0.305 e. The molecule has 0 amide bonds. The number of rotatable bonds is 14. The van der Waals surface area contributed by atoms with E-state index in [-0.39, 0.29) is 5.97 Å². The second kappa shape index (κ2) is 16.6. The highest BCUT2D eigenvalue weighted by Crippen LogP contribution is 2.09. The van der Waals surface area contributed by atoms with Gasteiger partial charge < -0.3 is 4.74 Å². The minimum Gasteiger partial charge on any atom is -0.465 e. The van der Waals surface area contributed by atoms with Gasteiger partial charge in [0.2, 0.25) is 0 Å². The molecule has 3 heteroatoms. The summed E-state index contributed by atoms with van der Waals surface area (Å²) >= 11 is 4.00. The molecule has 0 N–H and O–H groups in total. The topological polar surface area (TPSA) is 26.3 Å². The van der Waals surface area contributed by atoms with Crippen molar-refractivity contribution >= 4 is 18.6 Å². The molecule has 0 heterocycles. The number of thiol groups is 1. The van der Waals surface area contributed by atoms with E-state index in [2.05, 4.69) is 31.7 Å². The van der Waals surface area contributed by atoms with E-state index in [1.54, 1.807) is 0 Å². The Bertz CT molecular complexity index is 239. The van der Waals surface area contributed by atoms with E-state index in [9.17, 15) is 4.79 Å². The molecule has 0 aromatic carbocycles. The maximum absolute atomic E-state index is 11.2. The molecule has 118 valence electrons. The largest absolute Gasteiger partial charge is 0.465 e. The van der Waals surface area contributed by atoms with Crippen molar-refractivity contribution in [3.8, 4) is 0 Å². The highest BCUT2D eigenvalue weighted by molar-refractivity contribution is 7.80. The molecule has 0 atom stereocenters. The van der Waals surface area contributed by atoms with Gasteiger partial charge in [0.1, 0.15) is 6.61 Å². The van der Waals surface area contributed by atoms with Gasteiger partial charge in [-0.25, -0.2) is 0 Å².